The molecule has 0 radical (unpaired) electrons. The van der Waals surface area contributed by atoms with Crippen molar-refractivity contribution < 1.29 is 4.79 Å². The molecule has 116 valence electrons. The highest BCUT2D eigenvalue weighted by atomic mass is 16.1. The molecule has 0 heterocycles. The van der Waals surface area contributed by atoms with Crippen LogP contribution in [-0.4, -0.2) is 25.2 Å². The molecule has 2 N–H and O–H groups in total. The molecule has 0 aromatic heterocycles. The number of aliphatic imine (C=N–C) groups is 1. The third kappa shape index (κ3) is 9.36. The van der Waals surface area contributed by atoms with Crippen LogP contribution in [0.25, 0.3) is 0 Å². The second-order valence-electron chi connectivity index (χ2n) is 4.51. The van der Waals surface area contributed by atoms with E-state index in [0.717, 1.165) is 17.0 Å². The van der Waals surface area contributed by atoms with Gasteiger partial charge < -0.3 is 10.6 Å². The highest BCUT2D eigenvalue weighted by Crippen LogP contribution is 2.10. The molecule has 4 heteroatoms. The average molecular weight is 281 g/mol. The number of amides is 1. The Bertz CT molecular complexity index is 355. The van der Waals surface area contributed by atoms with Gasteiger partial charge in [-0.3, -0.25) is 4.79 Å². The standard InChI is InChI=1S/C14H25N3O.C2H6/c1-7-15-13(12(6)10(2)3)16-8-9-17-14(18)11(4)5;1-2/h7,11,16H,2,8-9H2,1,3-6H3,(H,17,18);1-2H3/b13-12+,15-7-;. The van der Waals surface area contributed by atoms with Gasteiger partial charge in [0.25, 0.3) is 0 Å². The van der Waals surface area contributed by atoms with Crippen molar-refractivity contribution in [2.24, 2.45) is 10.9 Å². The largest absolute Gasteiger partial charge is 0.368 e. The van der Waals surface area contributed by atoms with Gasteiger partial charge in [0.1, 0.15) is 5.82 Å². The molecule has 0 aliphatic heterocycles. The first-order valence-electron chi connectivity index (χ1n) is 7.27. The van der Waals surface area contributed by atoms with Crippen LogP contribution in [0.1, 0.15) is 48.5 Å². The van der Waals surface area contributed by atoms with E-state index in [4.69, 9.17) is 0 Å². The number of carbonyl (C=O) groups excluding carboxylic acids is 1. The molecule has 20 heavy (non-hydrogen) atoms. The van der Waals surface area contributed by atoms with Crippen LogP contribution in [-0.2, 0) is 4.79 Å². The van der Waals surface area contributed by atoms with Gasteiger partial charge in [0.2, 0.25) is 5.91 Å². The molecule has 0 saturated heterocycles. The highest BCUT2D eigenvalue weighted by Gasteiger charge is 2.05. The Morgan fingerprint density at radius 3 is 2.10 bits per heavy atom. The molecule has 0 saturated carbocycles. The third-order valence-electron chi connectivity index (χ3n) is 2.49. The number of rotatable bonds is 7. The van der Waals surface area contributed by atoms with Crippen LogP contribution in [0.15, 0.2) is 28.5 Å². The molecular formula is C16H31N3O. The Morgan fingerprint density at radius 1 is 1.20 bits per heavy atom. The lowest BCUT2D eigenvalue weighted by Gasteiger charge is -2.12. The van der Waals surface area contributed by atoms with Crippen molar-refractivity contribution in [2.45, 2.75) is 48.5 Å². The van der Waals surface area contributed by atoms with Gasteiger partial charge in [-0.05, 0) is 26.3 Å². The van der Waals surface area contributed by atoms with Gasteiger partial charge in [0.05, 0.1) is 0 Å². The van der Waals surface area contributed by atoms with E-state index in [1.807, 2.05) is 48.5 Å². The predicted octanol–water partition coefficient (Wildman–Crippen LogP) is 3.27. The summed E-state index contributed by atoms with van der Waals surface area (Å²) in [6.45, 7) is 18.7. The zero-order chi connectivity index (χ0) is 16.1. The maximum Gasteiger partial charge on any atom is 0.222 e. The first kappa shape index (κ1) is 20.7. The summed E-state index contributed by atoms with van der Waals surface area (Å²) in [5, 5.41) is 6.05. The number of hydrogen-bond donors (Lipinski definition) is 2. The van der Waals surface area contributed by atoms with E-state index in [2.05, 4.69) is 22.2 Å². The Kier molecular flexibility index (Phi) is 12.9. The van der Waals surface area contributed by atoms with Crippen LogP contribution in [0.4, 0.5) is 0 Å². The van der Waals surface area contributed by atoms with Gasteiger partial charge in [-0.2, -0.15) is 0 Å². The Morgan fingerprint density at radius 2 is 1.70 bits per heavy atom. The number of allylic oxidation sites excluding steroid dienone is 2. The molecule has 0 atom stereocenters. The molecule has 4 nitrogen and oxygen atoms in total. The summed E-state index contributed by atoms with van der Waals surface area (Å²) in [6, 6.07) is 0. The predicted molar refractivity (Wildman–Crippen MR) is 88.9 cm³/mol. The Hall–Kier alpha value is -1.58. The van der Waals surface area contributed by atoms with Crippen molar-refractivity contribution >= 4 is 12.1 Å². The van der Waals surface area contributed by atoms with Crippen molar-refractivity contribution in [3.05, 3.63) is 23.5 Å². The highest BCUT2D eigenvalue weighted by molar-refractivity contribution is 5.77. The molecule has 0 spiro atoms. The summed E-state index contributed by atoms with van der Waals surface area (Å²) in [5.41, 5.74) is 2.01. The first-order chi connectivity index (χ1) is 9.40. The zero-order valence-electron chi connectivity index (χ0n) is 14.1. The van der Waals surface area contributed by atoms with E-state index in [-0.39, 0.29) is 11.8 Å². The molecule has 0 fully saturated rings. The lowest BCUT2D eigenvalue weighted by Crippen LogP contribution is -2.34. The van der Waals surface area contributed by atoms with Crippen molar-refractivity contribution in [1.82, 2.24) is 10.6 Å². The van der Waals surface area contributed by atoms with E-state index in [1.54, 1.807) is 6.21 Å². The second kappa shape index (κ2) is 12.5. The molecule has 0 rings (SSSR count). The first-order valence-corrected chi connectivity index (χ1v) is 7.27. The fraction of sp³-hybridized carbons (Fsp3) is 0.625. The van der Waals surface area contributed by atoms with Gasteiger partial charge >= 0.3 is 0 Å². The van der Waals surface area contributed by atoms with Crippen LogP contribution in [0.5, 0.6) is 0 Å². The SMILES string of the molecule is C=C(C)/C(C)=C(\N=C/C)NCCNC(=O)C(C)C.CC. The van der Waals surface area contributed by atoms with Gasteiger partial charge in [-0.15, -0.1) is 0 Å². The molecule has 0 aliphatic carbocycles. The molecule has 1 amide bonds. The van der Waals surface area contributed by atoms with Gasteiger partial charge in [0.15, 0.2) is 0 Å². The van der Waals surface area contributed by atoms with Crippen molar-refractivity contribution in [3.63, 3.8) is 0 Å². The van der Waals surface area contributed by atoms with Crippen LogP contribution in [0.3, 0.4) is 0 Å². The van der Waals surface area contributed by atoms with Gasteiger partial charge in [-0.25, -0.2) is 4.99 Å². The topological polar surface area (TPSA) is 53.5 Å². The Labute approximate surface area is 124 Å². The van der Waals surface area contributed by atoms with Crippen molar-refractivity contribution in [2.75, 3.05) is 13.1 Å². The van der Waals surface area contributed by atoms with E-state index < -0.39 is 0 Å². The lowest BCUT2D eigenvalue weighted by atomic mass is 10.1. The number of nitrogens with zero attached hydrogens (tertiary/aromatic N) is 1. The Balaban J connectivity index is 0. The molecule has 0 aromatic carbocycles. The lowest BCUT2D eigenvalue weighted by molar-refractivity contribution is -0.123. The number of hydrogen-bond acceptors (Lipinski definition) is 3. The van der Waals surface area contributed by atoms with Crippen LogP contribution in [0.2, 0.25) is 0 Å². The minimum Gasteiger partial charge on any atom is -0.368 e. The van der Waals surface area contributed by atoms with E-state index in [0.29, 0.717) is 13.1 Å². The van der Waals surface area contributed by atoms with Crippen LogP contribution >= 0.6 is 0 Å². The van der Waals surface area contributed by atoms with Crippen molar-refractivity contribution in [3.8, 4) is 0 Å². The van der Waals surface area contributed by atoms with E-state index >= 15 is 0 Å². The smallest absolute Gasteiger partial charge is 0.222 e. The minimum atomic E-state index is 0.0193. The molecule has 0 aromatic rings. The molecule has 0 aliphatic rings. The summed E-state index contributed by atoms with van der Waals surface area (Å²) in [5.74, 6) is 0.896. The summed E-state index contributed by atoms with van der Waals surface area (Å²) in [4.78, 5) is 15.6. The van der Waals surface area contributed by atoms with Gasteiger partial charge in [-0.1, -0.05) is 39.8 Å². The normalized spacial score (nSPS) is 11.6. The maximum absolute atomic E-state index is 11.4. The monoisotopic (exact) mass is 281 g/mol. The summed E-state index contributed by atoms with van der Waals surface area (Å²) in [7, 11) is 0. The quantitative estimate of drug-likeness (QED) is 0.427. The van der Waals surface area contributed by atoms with Gasteiger partial charge in [0, 0.05) is 25.2 Å². The molecule has 0 bridgehead atoms. The van der Waals surface area contributed by atoms with Crippen LogP contribution in [0, 0.1) is 5.92 Å². The number of nitrogens with one attached hydrogen (secondary N) is 2. The van der Waals surface area contributed by atoms with Crippen LogP contribution < -0.4 is 10.6 Å². The summed E-state index contributed by atoms with van der Waals surface area (Å²) < 4.78 is 0. The molecular weight excluding hydrogens is 250 g/mol. The van der Waals surface area contributed by atoms with E-state index in [9.17, 15) is 4.79 Å². The summed E-state index contributed by atoms with van der Waals surface area (Å²) >= 11 is 0. The fourth-order valence-electron chi connectivity index (χ4n) is 1.18. The minimum absolute atomic E-state index is 0.0193. The second-order valence-corrected chi connectivity index (χ2v) is 4.51. The zero-order valence-corrected chi connectivity index (χ0v) is 14.1. The van der Waals surface area contributed by atoms with Crippen molar-refractivity contribution in [1.29, 1.82) is 0 Å². The number of carbonyl (C=O) groups is 1. The fourth-order valence-corrected chi connectivity index (χ4v) is 1.18. The maximum atomic E-state index is 11.4. The molecule has 0 unspecified atom stereocenters. The van der Waals surface area contributed by atoms with E-state index in [1.165, 1.54) is 0 Å². The average Bonchev–Trinajstić information content (AvgIpc) is 2.43. The summed E-state index contributed by atoms with van der Waals surface area (Å²) in [6.07, 6.45) is 1.74. The third-order valence-corrected chi connectivity index (χ3v) is 2.49.